The normalized spacial score (nSPS) is 10.7. The van der Waals surface area contributed by atoms with E-state index in [9.17, 15) is 9.59 Å². The summed E-state index contributed by atoms with van der Waals surface area (Å²) in [4.78, 5) is 23.7. The number of nitrogens with zero attached hydrogens (tertiary/aromatic N) is 4. The molecular weight excluding hydrogens is 296 g/mol. The second kappa shape index (κ2) is 5.37. The lowest BCUT2D eigenvalue weighted by molar-refractivity contribution is 0.0563. The monoisotopic (exact) mass is 306 g/mol. The number of tetrazole rings is 1. The Morgan fingerprint density at radius 2 is 2.29 bits per heavy atom. The number of carbonyl (C=O) groups excluding carboxylic acids is 1. The molecule has 9 heteroatoms. The van der Waals surface area contributed by atoms with E-state index < -0.39 is 11.7 Å². The van der Waals surface area contributed by atoms with Gasteiger partial charge in [-0.25, -0.2) is 9.59 Å². The maximum Gasteiger partial charge on any atom is 0.374 e. The summed E-state index contributed by atoms with van der Waals surface area (Å²) < 4.78 is 12.0. The zero-order valence-corrected chi connectivity index (χ0v) is 11.7. The fourth-order valence-corrected chi connectivity index (χ4v) is 2.46. The van der Waals surface area contributed by atoms with E-state index in [-0.39, 0.29) is 12.3 Å². The van der Waals surface area contributed by atoms with E-state index in [1.807, 2.05) is 11.4 Å². The molecule has 0 unspecified atom stereocenters. The smallest absolute Gasteiger partial charge is 0.374 e. The predicted molar refractivity (Wildman–Crippen MR) is 72.6 cm³/mol. The molecule has 0 N–H and O–H groups in total. The summed E-state index contributed by atoms with van der Waals surface area (Å²) in [5, 5.41) is 10.1. The van der Waals surface area contributed by atoms with Gasteiger partial charge in [0, 0.05) is 5.56 Å². The van der Waals surface area contributed by atoms with Crippen molar-refractivity contribution in [1.82, 2.24) is 19.8 Å². The Bertz CT molecular complexity index is 815. The molecule has 0 radical (unpaired) electrons. The molecule has 0 aliphatic rings. The summed E-state index contributed by atoms with van der Waals surface area (Å²) in [5.74, 6) is -0.552. The Morgan fingerprint density at radius 3 is 3.00 bits per heavy atom. The fraction of sp³-hybridized carbons (Fsp3) is 0.167. The standard InChI is InChI=1S/C12H10N4O4S/c1-19-11(17)10-8(4-5-20-10)7-15-12(18)16(14-13-15)9-3-2-6-21-9/h2-6H,7H2,1H3. The van der Waals surface area contributed by atoms with Crippen molar-refractivity contribution in [3.05, 3.63) is 51.7 Å². The first-order valence-corrected chi connectivity index (χ1v) is 6.80. The number of aromatic nitrogens is 4. The van der Waals surface area contributed by atoms with Crippen LogP contribution in [0.4, 0.5) is 0 Å². The van der Waals surface area contributed by atoms with Crippen LogP contribution < -0.4 is 5.69 Å². The van der Waals surface area contributed by atoms with Crippen LogP contribution in [0.2, 0.25) is 0 Å². The van der Waals surface area contributed by atoms with Crippen molar-refractivity contribution < 1.29 is 13.9 Å². The summed E-state index contributed by atoms with van der Waals surface area (Å²) in [6.07, 6.45) is 1.36. The largest absolute Gasteiger partial charge is 0.463 e. The minimum Gasteiger partial charge on any atom is -0.463 e. The molecule has 0 amide bonds. The molecule has 21 heavy (non-hydrogen) atoms. The van der Waals surface area contributed by atoms with E-state index in [1.54, 1.807) is 12.1 Å². The second-order valence-corrected chi connectivity index (χ2v) is 4.97. The Labute approximate surface area is 122 Å². The van der Waals surface area contributed by atoms with Crippen LogP contribution in [0.25, 0.3) is 5.00 Å². The lowest BCUT2D eigenvalue weighted by Crippen LogP contribution is -2.24. The maximum absolute atomic E-state index is 12.2. The molecule has 0 fully saturated rings. The van der Waals surface area contributed by atoms with Gasteiger partial charge in [0.15, 0.2) is 0 Å². The van der Waals surface area contributed by atoms with Crippen LogP contribution in [0.3, 0.4) is 0 Å². The quantitative estimate of drug-likeness (QED) is 0.665. The van der Waals surface area contributed by atoms with Gasteiger partial charge in [-0.3, -0.25) is 0 Å². The number of methoxy groups -OCH3 is 1. The Hall–Kier alpha value is -2.68. The Morgan fingerprint density at radius 1 is 1.43 bits per heavy atom. The topological polar surface area (TPSA) is 92.2 Å². The molecule has 0 saturated carbocycles. The molecule has 3 aromatic heterocycles. The predicted octanol–water partition coefficient (Wildman–Crippen LogP) is 0.918. The van der Waals surface area contributed by atoms with Crippen LogP contribution in [0.15, 0.2) is 39.1 Å². The highest BCUT2D eigenvalue weighted by atomic mass is 32.1. The van der Waals surface area contributed by atoms with E-state index >= 15 is 0 Å². The number of esters is 1. The van der Waals surface area contributed by atoms with Crippen LogP contribution in [0.1, 0.15) is 16.1 Å². The average molecular weight is 306 g/mol. The molecule has 0 aliphatic carbocycles. The van der Waals surface area contributed by atoms with Crippen molar-refractivity contribution in [3.8, 4) is 5.00 Å². The lowest BCUT2D eigenvalue weighted by atomic mass is 10.2. The first-order valence-electron chi connectivity index (χ1n) is 5.92. The van der Waals surface area contributed by atoms with Gasteiger partial charge in [-0.2, -0.15) is 9.36 Å². The van der Waals surface area contributed by atoms with Gasteiger partial charge >= 0.3 is 11.7 Å². The third-order valence-electron chi connectivity index (χ3n) is 2.79. The molecular formula is C12H10N4O4S. The van der Waals surface area contributed by atoms with Crippen molar-refractivity contribution in [2.75, 3.05) is 7.11 Å². The summed E-state index contributed by atoms with van der Waals surface area (Å²) in [6, 6.07) is 5.17. The molecule has 0 bridgehead atoms. The molecule has 0 spiro atoms. The molecule has 8 nitrogen and oxygen atoms in total. The first kappa shape index (κ1) is 13.3. The van der Waals surface area contributed by atoms with Gasteiger partial charge in [-0.05, 0) is 34.0 Å². The molecule has 0 aromatic carbocycles. The van der Waals surface area contributed by atoms with Crippen LogP contribution in [-0.2, 0) is 11.3 Å². The number of rotatable bonds is 4. The van der Waals surface area contributed by atoms with E-state index in [1.165, 1.54) is 29.4 Å². The minimum atomic E-state index is -0.603. The Balaban J connectivity index is 1.92. The van der Waals surface area contributed by atoms with Crippen LogP contribution >= 0.6 is 11.3 Å². The number of furan rings is 1. The first-order chi connectivity index (χ1) is 10.2. The van der Waals surface area contributed by atoms with Gasteiger partial charge < -0.3 is 9.15 Å². The van der Waals surface area contributed by atoms with Gasteiger partial charge in [-0.15, -0.1) is 11.3 Å². The van der Waals surface area contributed by atoms with Crippen LogP contribution in [-0.4, -0.2) is 32.9 Å². The SMILES string of the molecule is COC(=O)c1occc1Cn1nnn(-c2cccs2)c1=O. The van der Waals surface area contributed by atoms with Crippen molar-refractivity contribution >= 4 is 17.3 Å². The highest BCUT2D eigenvalue weighted by Gasteiger charge is 2.18. The fourth-order valence-electron chi connectivity index (χ4n) is 1.80. The highest BCUT2D eigenvalue weighted by molar-refractivity contribution is 7.12. The molecule has 0 atom stereocenters. The third-order valence-corrected chi connectivity index (χ3v) is 3.64. The Kier molecular flexibility index (Phi) is 3.40. The van der Waals surface area contributed by atoms with Crippen molar-refractivity contribution in [2.45, 2.75) is 6.54 Å². The minimum absolute atomic E-state index is 0.0510. The van der Waals surface area contributed by atoms with Crippen molar-refractivity contribution in [2.24, 2.45) is 0 Å². The van der Waals surface area contributed by atoms with Crippen LogP contribution in [0, 0.1) is 0 Å². The van der Waals surface area contributed by atoms with E-state index in [0.29, 0.717) is 10.6 Å². The summed E-state index contributed by atoms with van der Waals surface area (Å²) >= 11 is 1.38. The number of carbonyl (C=O) groups is 1. The van der Waals surface area contributed by atoms with Gasteiger partial charge in [-0.1, -0.05) is 0 Å². The molecule has 3 aromatic rings. The maximum atomic E-state index is 12.2. The van der Waals surface area contributed by atoms with Crippen molar-refractivity contribution in [1.29, 1.82) is 0 Å². The summed E-state index contributed by atoms with van der Waals surface area (Å²) in [5.41, 5.74) is 0.108. The number of hydrogen-bond donors (Lipinski definition) is 0. The van der Waals surface area contributed by atoms with Gasteiger partial charge in [0.1, 0.15) is 5.00 Å². The number of thiophene rings is 1. The van der Waals surface area contributed by atoms with Gasteiger partial charge in [0.25, 0.3) is 0 Å². The zero-order chi connectivity index (χ0) is 14.8. The number of ether oxygens (including phenoxy) is 1. The van der Waals surface area contributed by atoms with E-state index in [2.05, 4.69) is 15.2 Å². The lowest BCUT2D eigenvalue weighted by Gasteiger charge is -1.99. The highest BCUT2D eigenvalue weighted by Crippen LogP contribution is 2.13. The molecule has 108 valence electrons. The third kappa shape index (κ3) is 2.38. The van der Waals surface area contributed by atoms with Gasteiger partial charge in [0.2, 0.25) is 5.76 Å². The molecule has 3 heterocycles. The summed E-state index contributed by atoms with van der Waals surface area (Å²) in [7, 11) is 1.26. The number of hydrogen-bond acceptors (Lipinski definition) is 7. The molecule has 0 aliphatic heterocycles. The van der Waals surface area contributed by atoms with E-state index in [0.717, 1.165) is 4.68 Å². The molecule has 3 rings (SSSR count). The van der Waals surface area contributed by atoms with Crippen molar-refractivity contribution in [3.63, 3.8) is 0 Å². The second-order valence-electron chi connectivity index (χ2n) is 4.05. The van der Waals surface area contributed by atoms with Crippen LogP contribution in [0.5, 0.6) is 0 Å². The summed E-state index contributed by atoms with van der Waals surface area (Å²) in [6.45, 7) is 0.0745. The van der Waals surface area contributed by atoms with E-state index in [4.69, 9.17) is 4.42 Å². The van der Waals surface area contributed by atoms with Gasteiger partial charge in [0.05, 0.1) is 19.9 Å². The zero-order valence-electron chi connectivity index (χ0n) is 10.9. The molecule has 0 saturated heterocycles. The average Bonchev–Trinajstić information content (AvgIpc) is 3.21.